The quantitative estimate of drug-likeness (QED) is 0.436. The largest absolute Gasteiger partial charge is 0.478 e. The number of carboxylic acids is 2. The fourth-order valence-electron chi connectivity index (χ4n) is 4.58. The average molecular weight is 480 g/mol. The van der Waals surface area contributed by atoms with Gasteiger partial charge in [0.2, 0.25) is 0 Å². The van der Waals surface area contributed by atoms with Crippen molar-refractivity contribution in [2.45, 2.75) is 38.5 Å². The van der Waals surface area contributed by atoms with Crippen molar-refractivity contribution in [3.8, 4) is 0 Å². The zero-order chi connectivity index (χ0) is 25.4. The third kappa shape index (κ3) is 7.02. The number of benzene rings is 2. The standard InChI is InChI=1S/C24H29NO2.C4H4O4/c1-18-5-9-20(10-6-18)24(21-11-7-19(2)8-12-21)17-22(24)23(26)27-16-15-25-13-3-4-14-25;5-3(6)1-2-4(7)8/h5-12,22H,3-4,13-17H2,1-2H3;1-2H,(H,5,6)(H,7,8)/b;2-1-. The first kappa shape index (κ1) is 26.2. The van der Waals surface area contributed by atoms with Crippen molar-refractivity contribution >= 4 is 17.9 Å². The third-order valence-electron chi connectivity index (χ3n) is 6.60. The van der Waals surface area contributed by atoms with Gasteiger partial charge in [0.1, 0.15) is 6.61 Å². The van der Waals surface area contributed by atoms with Crippen LogP contribution in [0.25, 0.3) is 0 Å². The van der Waals surface area contributed by atoms with Crippen molar-refractivity contribution in [3.63, 3.8) is 0 Å². The van der Waals surface area contributed by atoms with Gasteiger partial charge in [0, 0.05) is 24.1 Å². The van der Waals surface area contributed by atoms with Crippen molar-refractivity contribution in [2.75, 3.05) is 26.2 Å². The molecule has 0 amide bonds. The number of carboxylic acid groups (broad SMARTS) is 2. The minimum absolute atomic E-state index is 0.0460. The summed E-state index contributed by atoms with van der Waals surface area (Å²) in [7, 11) is 0. The minimum Gasteiger partial charge on any atom is -0.478 e. The summed E-state index contributed by atoms with van der Waals surface area (Å²) in [4.78, 5) is 34.3. The van der Waals surface area contributed by atoms with Gasteiger partial charge in [-0.1, -0.05) is 59.7 Å². The van der Waals surface area contributed by atoms with Gasteiger partial charge in [-0.2, -0.15) is 0 Å². The number of carbonyl (C=O) groups is 3. The highest BCUT2D eigenvalue weighted by atomic mass is 16.5. The lowest BCUT2D eigenvalue weighted by Crippen LogP contribution is -2.26. The van der Waals surface area contributed by atoms with E-state index >= 15 is 0 Å². The summed E-state index contributed by atoms with van der Waals surface area (Å²) >= 11 is 0. The smallest absolute Gasteiger partial charge is 0.328 e. The van der Waals surface area contributed by atoms with Crippen LogP contribution in [-0.4, -0.2) is 59.3 Å². The van der Waals surface area contributed by atoms with Gasteiger partial charge in [0.15, 0.2) is 0 Å². The van der Waals surface area contributed by atoms with Gasteiger partial charge in [-0.3, -0.25) is 9.69 Å². The number of hydrogen-bond acceptors (Lipinski definition) is 5. The third-order valence-corrected chi connectivity index (χ3v) is 6.60. The Morgan fingerprint density at radius 3 is 1.77 bits per heavy atom. The van der Waals surface area contributed by atoms with E-state index in [9.17, 15) is 14.4 Å². The molecule has 1 heterocycles. The molecule has 0 radical (unpaired) electrons. The number of likely N-dealkylation sites (tertiary alicyclic amines) is 1. The zero-order valence-electron chi connectivity index (χ0n) is 20.3. The van der Waals surface area contributed by atoms with E-state index < -0.39 is 11.9 Å². The number of hydrogen-bond donors (Lipinski definition) is 2. The maximum Gasteiger partial charge on any atom is 0.328 e. The first-order valence-corrected chi connectivity index (χ1v) is 11.9. The number of nitrogens with zero attached hydrogens (tertiary/aromatic N) is 1. The Morgan fingerprint density at radius 1 is 0.886 bits per heavy atom. The van der Waals surface area contributed by atoms with Gasteiger partial charge in [0.05, 0.1) is 5.92 Å². The molecule has 1 atom stereocenters. The Balaban J connectivity index is 0.000000371. The molecule has 1 aliphatic heterocycles. The van der Waals surface area contributed by atoms with E-state index in [1.807, 2.05) is 0 Å². The van der Waals surface area contributed by atoms with Gasteiger partial charge in [-0.15, -0.1) is 0 Å². The molecule has 4 rings (SSSR count). The second kappa shape index (κ2) is 11.8. The predicted octanol–water partition coefficient (Wildman–Crippen LogP) is 3.96. The van der Waals surface area contributed by atoms with Crippen LogP contribution in [0, 0.1) is 19.8 Å². The molecule has 0 bridgehead atoms. The molecule has 7 nitrogen and oxygen atoms in total. The Hall–Kier alpha value is -3.45. The van der Waals surface area contributed by atoms with Crippen LogP contribution in [-0.2, 0) is 24.5 Å². The Kier molecular flexibility index (Phi) is 8.82. The van der Waals surface area contributed by atoms with Crippen LogP contribution in [0.2, 0.25) is 0 Å². The van der Waals surface area contributed by atoms with Crippen LogP contribution < -0.4 is 0 Å². The molecule has 2 aromatic rings. The van der Waals surface area contributed by atoms with E-state index in [0.29, 0.717) is 18.8 Å². The first-order chi connectivity index (χ1) is 16.7. The van der Waals surface area contributed by atoms with Gasteiger partial charge in [-0.05, 0) is 57.3 Å². The lowest BCUT2D eigenvalue weighted by Gasteiger charge is -2.20. The minimum atomic E-state index is -1.26. The summed E-state index contributed by atoms with van der Waals surface area (Å²) in [6.07, 6.45) is 4.48. The molecule has 1 unspecified atom stereocenters. The maximum absolute atomic E-state index is 12.8. The van der Waals surface area contributed by atoms with Gasteiger partial charge < -0.3 is 14.9 Å². The molecule has 35 heavy (non-hydrogen) atoms. The fraction of sp³-hybridized carbons (Fsp3) is 0.393. The molecule has 1 saturated carbocycles. The van der Waals surface area contributed by atoms with Crippen molar-refractivity contribution in [2.24, 2.45) is 5.92 Å². The molecular formula is C28H33NO6. The monoisotopic (exact) mass is 479 g/mol. The number of esters is 1. The Bertz CT molecular complexity index is 990. The number of ether oxygens (including phenoxy) is 1. The van der Waals surface area contributed by atoms with Crippen molar-refractivity contribution in [1.29, 1.82) is 0 Å². The Morgan fingerprint density at radius 2 is 1.34 bits per heavy atom. The number of aryl methyl sites for hydroxylation is 2. The topological polar surface area (TPSA) is 104 Å². The molecule has 2 fully saturated rings. The highest BCUT2D eigenvalue weighted by Gasteiger charge is 2.61. The van der Waals surface area contributed by atoms with E-state index in [1.165, 1.54) is 35.1 Å². The van der Waals surface area contributed by atoms with Gasteiger partial charge >= 0.3 is 17.9 Å². The predicted molar refractivity (Wildman–Crippen MR) is 132 cm³/mol. The molecule has 2 aromatic carbocycles. The molecular weight excluding hydrogens is 446 g/mol. The normalized spacial score (nSPS) is 18.5. The molecule has 2 aliphatic rings. The highest BCUT2D eigenvalue weighted by molar-refractivity contribution is 5.89. The number of rotatable bonds is 8. The van der Waals surface area contributed by atoms with Gasteiger partial charge in [-0.25, -0.2) is 9.59 Å². The molecule has 1 saturated heterocycles. The summed E-state index contributed by atoms with van der Waals surface area (Å²) in [5.74, 6) is -2.64. The van der Waals surface area contributed by atoms with Crippen LogP contribution in [0.3, 0.4) is 0 Å². The number of aliphatic carboxylic acids is 2. The SMILES string of the molecule is Cc1ccc(C2(c3ccc(C)cc3)CC2C(=O)OCCN2CCCC2)cc1.O=C(O)/C=C\C(=O)O. The van der Waals surface area contributed by atoms with E-state index in [1.54, 1.807) is 0 Å². The number of carbonyl (C=O) groups excluding carboxylic acids is 1. The first-order valence-electron chi connectivity index (χ1n) is 11.9. The molecule has 2 N–H and O–H groups in total. The van der Waals surface area contributed by atoms with Crippen LogP contribution in [0.15, 0.2) is 60.7 Å². The second-order valence-corrected chi connectivity index (χ2v) is 9.19. The molecule has 7 heteroatoms. The van der Waals surface area contributed by atoms with Crippen LogP contribution in [0.4, 0.5) is 0 Å². The Labute approximate surface area is 206 Å². The maximum atomic E-state index is 12.8. The van der Waals surface area contributed by atoms with Crippen LogP contribution in [0.1, 0.15) is 41.5 Å². The van der Waals surface area contributed by atoms with Crippen molar-refractivity contribution in [3.05, 3.63) is 82.9 Å². The summed E-state index contributed by atoms with van der Waals surface area (Å²) in [6, 6.07) is 17.2. The lowest BCUT2D eigenvalue weighted by atomic mass is 9.85. The summed E-state index contributed by atoms with van der Waals surface area (Å²) < 4.78 is 5.69. The van der Waals surface area contributed by atoms with Gasteiger partial charge in [0.25, 0.3) is 0 Å². The van der Waals surface area contributed by atoms with E-state index in [-0.39, 0.29) is 17.3 Å². The molecule has 0 spiro atoms. The van der Waals surface area contributed by atoms with E-state index in [2.05, 4.69) is 67.3 Å². The molecule has 0 aromatic heterocycles. The van der Waals surface area contributed by atoms with Crippen molar-refractivity contribution in [1.82, 2.24) is 4.90 Å². The zero-order valence-corrected chi connectivity index (χ0v) is 20.3. The highest BCUT2D eigenvalue weighted by Crippen LogP contribution is 2.59. The molecule has 186 valence electrons. The molecule has 1 aliphatic carbocycles. The van der Waals surface area contributed by atoms with E-state index in [0.717, 1.165) is 26.1 Å². The van der Waals surface area contributed by atoms with Crippen LogP contribution >= 0.6 is 0 Å². The fourth-order valence-corrected chi connectivity index (χ4v) is 4.58. The van der Waals surface area contributed by atoms with Crippen LogP contribution in [0.5, 0.6) is 0 Å². The van der Waals surface area contributed by atoms with E-state index in [4.69, 9.17) is 14.9 Å². The average Bonchev–Trinajstić information content (AvgIpc) is 3.37. The lowest BCUT2D eigenvalue weighted by molar-refractivity contribution is -0.146. The summed E-state index contributed by atoms with van der Waals surface area (Å²) in [5.41, 5.74) is 4.69. The van der Waals surface area contributed by atoms with Crippen molar-refractivity contribution < 1.29 is 29.3 Å². The summed E-state index contributed by atoms with van der Waals surface area (Å²) in [5, 5.41) is 15.6. The summed E-state index contributed by atoms with van der Waals surface area (Å²) in [6.45, 7) is 7.84. The second-order valence-electron chi connectivity index (χ2n) is 9.19.